The Hall–Kier alpha value is -1.23. The number of hydrogen-bond donors (Lipinski definition) is 2. The van der Waals surface area contributed by atoms with Crippen LogP contribution in [0.2, 0.25) is 0 Å². The summed E-state index contributed by atoms with van der Waals surface area (Å²) in [7, 11) is 1.91. The molecule has 102 valence electrons. The van der Waals surface area contributed by atoms with Gasteiger partial charge in [0.1, 0.15) is 5.82 Å². The van der Waals surface area contributed by atoms with E-state index in [1.165, 1.54) is 0 Å². The topological polar surface area (TPSA) is 65.1 Å². The number of nitrogens with one attached hydrogen (secondary N) is 1. The molecule has 1 aliphatic carbocycles. The van der Waals surface area contributed by atoms with Crippen molar-refractivity contribution in [2.24, 2.45) is 12.5 Å². The monoisotopic (exact) mass is 252 g/mol. The van der Waals surface area contributed by atoms with Gasteiger partial charge in [0.25, 0.3) is 0 Å². The van der Waals surface area contributed by atoms with Crippen LogP contribution < -0.4 is 11.1 Å². The van der Waals surface area contributed by atoms with E-state index < -0.39 is 0 Å². The molecule has 0 bridgehead atoms. The average molecular weight is 252 g/mol. The minimum atomic E-state index is 0.126. The molecule has 2 rings (SSSR count). The van der Waals surface area contributed by atoms with Gasteiger partial charge in [-0.05, 0) is 20.3 Å². The van der Waals surface area contributed by atoms with Crippen molar-refractivity contribution in [2.45, 2.75) is 46.3 Å². The van der Waals surface area contributed by atoms with Crippen LogP contribution in [0.15, 0.2) is 0 Å². The Bertz CT molecular complexity index is 438. The second-order valence-electron chi connectivity index (χ2n) is 5.67. The van der Waals surface area contributed by atoms with Crippen molar-refractivity contribution in [3.8, 4) is 0 Å². The SMILES string of the molecule is CCOC1CC(Nc2c(N)c(C)nn2C)C1(C)C. The van der Waals surface area contributed by atoms with E-state index >= 15 is 0 Å². The van der Waals surface area contributed by atoms with Crippen LogP contribution in [0.25, 0.3) is 0 Å². The fraction of sp³-hybridized carbons (Fsp3) is 0.769. The van der Waals surface area contributed by atoms with Crippen LogP contribution in [-0.2, 0) is 11.8 Å². The van der Waals surface area contributed by atoms with Gasteiger partial charge in [-0.15, -0.1) is 0 Å². The van der Waals surface area contributed by atoms with Gasteiger partial charge in [-0.1, -0.05) is 13.8 Å². The molecule has 5 heteroatoms. The lowest BCUT2D eigenvalue weighted by Crippen LogP contribution is -2.58. The molecule has 1 saturated carbocycles. The fourth-order valence-corrected chi connectivity index (χ4v) is 2.63. The molecule has 3 N–H and O–H groups in total. The summed E-state index contributed by atoms with van der Waals surface area (Å²) in [5.74, 6) is 0.917. The van der Waals surface area contributed by atoms with E-state index in [9.17, 15) is 0 Å². The highest BCUT2D eigenvalue weighted by Crippen LogP contribution is 2.44. The minimum absolute atomic E-state index is 0.126. The Morgan fingerprint density at radius 3 is 2.67 bits per heavy atom. The highest BCUT2D eigenvalue weighted by atomic mass is 16.5. The molecule has 18 heavy (non-hydrogen) atoms. The smallest absolute Gasteiger partial charge is 0.148 e. The Kier molecular flexibility index (Phi) is 3.27. The van der Waals surface area contributed by atoms with Crippen molar-refractivity contribution in [1.82, 2.24) is 9.78 Å². The molecule has 1 aromatic rings. The lowest BCUT2D eigenvalue weighted by atomic mass is 9.64. The van der Waals surface area contributed by atoms with E-state index in [1.54, 1.807) is 0 Å². The van der Waals surface area contributed by atoms with Crippen LogP contribution in [0.5, 0.6) is 0 Å². The molecule has 0 aromatic carbocycles. The first-order chi connectivity index (χ1) is 8.37. The van der Waals surface area contributed by atoms with E-state index in [0.717, 1.165) is 30.2 Å². The van der Waals surface area contributed by atoms with Gasteiger partial charge in [-0.3, -0.25) is 4.68 Å². The van der Waals surface area contributed by atoms with E-state index in [2.05, 4.69) is 24.3 Å². The molecule has 2 atom stereocenters. The zero-order chi connectivity index (χ0) is 13.5. The lowest BCUT2D eigenvalue weighted by molar-refractivity contribution is -0.0977. The van der Waals surface area contributed by atoms with Gasteiger partial charge in [0.15, 0.2) is 0 Å². The van der Waals surface area contributed by atoms with Gasteiger partial charge in [-0.2, -0.15) is 5.10 Å². The van der Waals surface area contributed by atoms with Crippen LogP contribution in [0, 0.1) is 12.3 Å². The maximum absolute atomic E-state index is 6.04. The molecule has 1 aromatic heterocycles. The molecule has 0 spiro atoms. The van der Waals surface area contributed by atoms with Crippen LogP contribution >= 0.6 is 0 Å². The predicted molar refractivity (Wildman–Crippen MR) is 73.6 cm³/mol. The summed E-state index contributed by atoms with van der Waals surface area (Å²) in [6.45, 7) is 9.20. The normalized spacial score (nSPS) is 25.8. The fourth-order valence-electron chi connectivity index (χ4n) is 2.63. The van der Waals surface area contributed by atoms with Crippen molar-refractivity contribution in [3.63, 3.8) is 0 Å². The highest BCUT2D eigenvalue weighted by molar-refractivity contribution is 5.65. The summed E-state index contributed by atoms with van der Waals surface area (Å²) in [6, 6.07) is 0.381. The molecule has 0 aliphatic heterocycles. The van der Waals surface area contributed by atoms with Gasteiger partial charge in [-0.25, -0.2) is 0 Å². The third-order valence-corrected chi connectivity index (χ3v) is 4.13. The Balaban J connectivity index is 2.08. The number of rotatable bonds is 4. The number of aryl methyl sites for hydroxylation is 2. The van der Waals surface area contributed by atoms with Crippen LogP contribution in [-0.4, -0.2) is 28.5 Å². The third kappa shape index (κ3) is 1.96. The van der Waals surface area contributed by atoms with Crippen molar-refractivity contribution >= 4 is 11.5 Å². The molecule has 2 unspecified atom stereocenters. The first-order valence-corrected chi connectivity index (χ1v) is 6.55. The largest absolute Gasteiger partial charge is 0.394 e. The first-order valence-electron chi connectivity index (χ1n) is 6.55. The second kappa shape index (κ2) is 4.46. The number of nitrogens with zero attached hydrogens (tertiary/aromatic N) is 2. The maximum Gasteiger partial charge on any atom is 0.148 e. The zero-order valence-corrected chi connectivity index (χ0v) is 11.9. The van der Waals surface area contributed by atoms with Crippen molar-refractivity contribution in [1.29, 1.82) is 0 Å². The van der Waals surface area contributed by atoms with Crippen LogP contribution in [0.3, 0.4) is 0 Å². The highest BCUT2D eigenvalue weighted by Gasteiger charge is 2.49. The van der Waals surface area contributed by atoms with Gasteiger partial charge < -0.3 is 15.8 Å². The van der Waals surface area contributed by atoms with Crippen molar-refractivity contribution in [2.75, 3.05) is 17.7 Å². The molecule has 0 saturated heterocycles. The summed E-state index contributed by atoms with van der Waals surface area (Å²) in [6.07, 6.45) is 1.35. The standard InChI is InChI=1S/C13H24N4O/c1-6-18-10-7-9(13(10,3)4)15-12-11(14)8(2)16-17(12)5/h9-10,15H,6-7,14H2,1-5H3. The number of nitrogen functional groups attached to an aromatic ring is 1. The quantitative estimate of drug-likeness (QED) is 0.859. The van der Waals surface area contributed by atoms with Gasteiger partial charge in [0.2, 0.25) is 0 Å². The first kappa shape index (κ1) is 13.2. The van der Waals surface area contributed by atoms with E-state index in [1.807, 2.05) is 25.6 Å². The average Bonchev–Trinajstić information content (AvgIpc) is 2.54. The second-order valence-corrected chi connectivity index (χ2v) is 5.67. The molecule has 1 heterocycles. The lowest BCUT2D eigenvalue weighted by Gasteiger charge is -2.51. The Labute approximate surface area is 109 Å². The molecule has 0 amide bonds. The van der Waals surface area contributed by atoms with E-state index in [-0.39, 0.29) is 5.41 Å². The zero-order valence-electron chi connectivity index (χ0n) is 11.9. The van der Waals surface area contributed by atoms with Crippen LogP contribution in [0.4, 0.5) is 11.5 Å². The molecule has 1 aliphatic rings. The summed E-state index contributed by atoms with van der Waals surface area (Å²) >= 11 is 0. The van der Waals surface area contributed by atoms with E-state index in [4.69, 9.17) is 10.5 Å². The van der Waals surface area contributed by atoms with Gasteiger partial charge in [0, 0.05) is 25.1 Å². The Morgan fingerprint density at radius 2 is 2.22 bits per heavy atom. The number of aromatic nitrogens is 2. The number of nitrogens with two attached hydrogens (primary N) is 1. The number of anilines is 2. The van der Waals surface area contributed by atoms with Gasteiger partial charge in [0.05, 0.1) is 17.5 Å². The van der Waals surface area contributed by atoms with E-state index in [0.29, 0.717) is 12.1 Å². The summed E-state index contributed by atoms with van der Waals surface area (Å²) in [4.78, 5) is 0. The molecule has 5 nitrogen and oxygen atoms in total. The molecular formula is C13H24N4O. The number of ether oxygens (including phenoxy) is 1. The van der Waals surface area contributed by atoms with Crippen molar-refractivity contribution < 1.29 is 4.74 Å². The number of hydrogen-bond acceptors (Lipinski definition) is 4. The third-order valence-electron chi connectivity index (χ3n) is 4.13. The van der Waals surface area contributed by atoms with Gasteiger partial charge >= 0.3 is 0 Å². The maximum atomic E-state index is 6.04. The minimum Gasteiger partial charge on any atom is -0.394 e. The van der Waals surface area contributed by atoms with Crippen molar-refractivity contribution in [3.05, 3.63) is 5.69 Å². The predicted octanol–water partition coefficient (Wildman–Crippen LogP) is 1.93. The van der Waals surface area contributed by atoms with Crippen LogP contribution in [0.1, 0.15) is 32.9 Å². The molecule has 0 radical (unpaired) electrons. The molecule has 1 fully saturated rings. The summed E-state index contributed by atoms with van der Waals surface area (Å²) in [5.41, 5.74) is 7.78. The molecular weight excluding hydrogens is 228 g/mol. The summed E-state index contributed by atoms with van der Waals surface area (Å²) < 4.78 is 7.55. The Morgan fingerprint density at radius 1 is 1.56 bits per heavy atom. The summed E-state index contributed by atoms with van der Waals surface area (Å²) in [5, 5.41) is 7.83.